The predicted octanol–water partition coefficient (Wildman–Crippen LogP) is 2.14. The molecule has 7 heteroatoms. The smallest absolute Gasteiger partial charge is 0.137 e. The first kappa shape index (κ1) is 17.8. The first-order valence-corrected chi connectivity index (χ1v) is 9.24. The minimum Gasteiger partial charge on any atom is -0.497 e. The van der Waals surface area contributed by atoms with E-state index in [1.807, 2.05) is 42.1 Å². The van der Waals surface area contributed by atoms with Crippen LogP contribution in [0.15, 0.2) is 30.5 Å². The summed E-state index contributed by atoms with van der Waals surface area (Å²) in [6, 6.07) is 7.96. The third-order valence-electron chi connectivity index (χ3n) is 5.05. The normalized spacial score (nSPS) is 14.3. The Hall–Kier alpha value is -2.64. The first-order chi connectivity index (χ1) is 13.2. The van der Waals surface area contributed by atoms with E-state index in [1.165, 1.54) is 11.3 Å². The Morgan fingerprint density at radius 3 is 2.81 bits per heavy atom. The van der Waals surface area contributed by atoms with Gasteiger partial charge in [-0.25, -0.2) is 4.98 Å². The van der Waals surface area contributed by atoms with Gasteiger partial charge < -0.3 is 14.8 Å². The van der Waals surface area contributed by atoms with Crippen LogP contribution in [0.2, 0.25) is 0 Å². The van der Waals surface area contributed by atoms with Crippen molar-refractivity contribution in [1.82, 2.24) is 24.6 Å². The molecular formula is C20H25N5O2. The molecule has 0 bridgehead atoms. The number of aryl methyl sites for hydroxylation is 1. The number of aliphatic hydroxyl groups is 1. The molecule has 1 aromatic carbocycles. The molecule has 2 aromatic heterocycles. The van der Waals surface area contributed by atoms with Crippen LogP contribution in [0.5, 0.6) is 5.75 Å². The minimum atomic E-state index is 0.107. The van der Waals surface area contributed by atoms with Gasteiger partial charge in [-0.15, -0.1) is 0 Å². The Bertz CT molecular complexity index is 913. The van der Waals surface area contributed by atoms with E-state index in [0.29, 0.717) is 6.54 Å². The highest BCUT2D eigenvalue weighted by atomic mass is 16.5. The number of benzene rings is 1. The van der Waals surface area contributed by atoms with Crippen molar-refractivity contribution in [3.05, 3.63) is 53.1 Å². The van der Waals surface area contributed by atoms with Crippen LogP contribution >= 0.6 is 0 Å². The van der Waals surface area contributed by atoms with Gasteiger partial charge >= 0.3 is 0 Å². The molecule has 3 aromatic rings. The van der Waals surface area contributed by atoms with Gasteiger partial charge in [0.25, 0.3) is 0 Å². The van der Waals surface area contributed by atoms with Crippen molar-refractivity contribution in [3.63, 3.8) is 0 Å². The molecule has 142 valence electrons. The predicted molar refractivity (Wildman–Crippen MR) is 102 cm³/mol. The van der Waals surface area contributed by atoms with E-state index < -0.39 is 0 Å². The zero-order valence-electron chi connectivity index (χ0n) is 15.8. The number of nitrogens with zero attached hydrogens (tertiary/aromatic N) is 4. The highest BCUT2D eigenvalue weighted by Crippen LogP contribution is 2.25. The number of aliphatic hydroxyl groups excluding tert-OH is 1. The quantitative estimate of drug-likeness (QED) is 0.698. The summed E-state index contributed by atoms with van der Waals surface area (Å²) >= 11 is 0. The van der Waals surface area contributed by atoms with Gasteiger partial charge in [-0.3, -0.25) is 9.58 Å². The van der Waals surface area contributed by atoms with Gasteiger partial charge in [-0.2, -0.15) is 5.10 Å². The van der Waals surface area contributed by atoms with E-state index in [9.17, 15) is 0 Å². The topological polar surface area (TPSA) is 79.2 Å². The Morgan fingerprint density at radius 1 is 1.26 bits per heavy atom. The minimum absolute atomic E-state index is 0.107. The Balaban J connectivity index is 1.47. The molecule has 27 heavy (non-hydrogen) atoms. The monoisotopic (exact) mass is 367 g/mol. The van der Waals surface area contributed by atoms with Crippen molar-refractivity contribution >= 4 is 0 Å². The number of rotatable bonds is 6. The molecule has 0 aliphatic carbocycles. The second-order valence-electron chi connectivity index (χ2n) is 6.93. The van der Waals surface area contributed by atoms with Crippen LogP contribution in [0.1, 0.15) is 22.6 Å². The highest BCUT2D eigenvalue weighted by molar-refractivity contribution is 5.57. The molecule has 0 atom stereocenters. The van der Waals surface area contributed by atoms with Crippen molar-refractivity contribution in [1.29, 1.82) is 0 Å². The van der Waals surface area contributed by atoms with Gasteiger partial charge in [0.05, 0.1) is 37.3 Å². The fourth-order valence-electron chi connectivity index (χ4n) is 3.54. The lowest BCUT2D eigenvalue weighted by Gasteiger charge is -2.25. The van der Waals surface area contributed by atoms with E-state index in [1.54, 1.807) is 7.11 Å². The van der Waals surface area contributed by atoms with Gasteiger partial charge in [0.15, 0.2) is 0 Å². The number of aromatic amines is 1. The second kappa shape index (κ2) is 7.54. The summed E-state index contributed by atoms with van der Waals surface area (Å²) < 4.78 is 7.04. The molecule has 0 spiro atoms. The van der Waals surface area contributed by atoms with Crippen molar-refractivity contribution in [3.8, 4) is 17.1 Å². The lowest BCUT2D eigenvalue weighted by Crippen LogP contribution is -2.30. The number of methoxy groups -OCH3 is 1. The largest absolute Gasteiger partial charge is 0.497 e. The number of H-pyrrole nitrogens is 1. The molecule has 4 rings (SSSR count). The number of ether oxygens (including phenoxy) is 1. The van der Waals surface area contributed by atoms with Gasteiger partial charge in [-0.1, -0.05) is 0 Å². The lowest BCUT2D eigenvalue weighted by atomic mass is 10.1. The zero-order valence-corrected chi connectivity index (χ0v) is 15.8. The molecule has 0 fully saturated rings. The lowest BCUT2D eigenvalue weighted by molar-refractivity contribution is 0.240. The van der Waals surface area contributed by atoms with Crippen molar-refractivity contribution in [2.24, 2.45) is 0 Å². The van der Waals surface area contributed by atoms with Gasteiger partial charge in [-0.05, 0) is 31.2 Å². The average Bonchev–Trinajstić information content (AvgIpc) is 3.25. The van der Waals surface area contributed by atoms with Crippen LogP contribution in [-0.4, -0.2) is 50.0 Å². The van der Waals surface area contributed by atoms with Gasteiger partial charge in [0.2, 0.25) is 0 Å². The fraction of sp³-hybridized carbons (Fsp3) is 0.400. The van der Waals surface area contributed by atoms with Crippen LogP contribution in [0, 0.1) is 6.92 Å². The SMILES string of the molecule is COc1ccc(-c2nc3c([nH]2)CN(Cc2cn(CCO)nc2C)CC3)cc1. The molecule has 0 amide bonds. The summed E-state index contributed by atoms with van der Waals surface area (Å²) in [4.78, 5) is 10.7. The fourth-order valence-corrected chi connectivity index (χ4v) is 3.54. The van der Waals surface area contributed by atoms with Crippen molar-refractivity contribution in [2.75, 3.05) is 20.3 Å². The van der Waals surface area contributed by atoms with E-state index in [2.05, 4.69) is 15.0 Å². The van der Waals surface area contributed by atoms with E-state index in [0.717, 1.165) is 54.6 Å². The molecule has 1 aliphatic heterocycles. The Kier molecular flexibility index (Phi) is 4.96. The molecule has 7 nitrogen and oxygen atoms in total. The zero-order chi connectivity index (χ0) is 18.8. The van der Waals surface area contributed by atoms with E-state index in [4.69, 9.17) is 14.8 Å². The van der Waals surface area contributed by atoms with Gasteiger partial charge in [0, 0.05) is 43.4 Å². The number of fused-ring (bicyclic) bond motifs is 1. The summed E-state index contributed by atoms with van der Waals surface area (Å²) in [6.07, 6.45) is 2.97. The number of nitrogens with one attached hydrogen (secondary N) is 1. The summed E-state index contributed by atoms with van der Waals surface area (Å²) in [7, 11) is 1.67. The van der Waals surface area contributed by atoms with Crippen molar-refractivity contribution in [2.45, 2.75) is 33.0 Å². The Labute approximate surface area is 158 Å². The summed E-state index contributed by atoms with van der Waals surface area (Å²) in [5, 5.41) is 13.6. The van der Waals surface area contributed by atoms with Crippen molar-refractivity contribution < 1.29 is 9.84 Å². The number of hydrogen-bond acceptors (Lipinski definition) is 5. The third-order valence-corrected chi connectivity index (χ3v) is 5.05. The summed E-state index contributed by atoms with van der Waals surface area (Å²) in [6.45, 7) is 5.35. The maximum Gasteiger partial charge on any atom is 0.137 e. The number of hydrogen-bond donors (Lipinski definition) is 2. The van der Waals surface area contributed by atoms with Crippen LogP contribution < -0.4 is 4.74 Å². The molecule has 2 N–H and O–H groups in total. The van der Waals surface area contributed by atoms with Crippen LogP contribution in [0.4, 0.5) is 0 Å². The first-order valence-electron chi connectivity index (χ1n) is 9.24. The Morgan fingerprint density at radius 2 is 2.07 bits per heavy atom. The van der Waals surface area contributed by atoms with E-state index in [-0.39, 0.29) is 6.61 Å². The molecule has 0 unspecified atom stereocenters. The molecule has 0 saturated carbocycles. The van der Waals surface area contributed by atoms with E-state index >= 15 is 0 Å². The maximum absolute atomic E-state index is 9.09. The summed E-state index contributed by atoms with van der Waals surface area (Å²) in [5.41, 5.74) is 5.65. The molecular weight excluding hydrogens is 342 g/mol. The molecule has 0 radical (unpaired) electrons. The number of aromatic nitrogens is 4. The average molecular weight is 367 g/mol. The highest BCUT2D eigenvalue weighted by Gasteiger charge is 2.21. The van der Waals surface area contributed by atoms with Crippen LogP contribution in [-0.2, 0) is 26.1 Å². The molecule has 0 saturated heterocycles. The van der Waals surface area contributed by atoms with Crippen LogP contribution in [0.25, 0.3) is 11.4 Å². The number of imidazole rings is 1. The third kappa shape index (κ3) is 3.74. The standard InChI is InChI=1S/C20H25N5O2/c1-14-16(12-25(23-14)9-10-26)11-24-8-7-18-19(13-24)22-20(21-18)15-3-5-17(27-2)6-4-15/h3-6,12,26H,7-11,13H2,1-2H3,(H,21,22). The molecule has 3 heterocycles. The maximum atomic E-state index is 9.09. The summed E-state index contributed by atoms with van der Waals surface area (Å²) in [5.74, 6) is 1.76. The van der Waals surface area contributed by atoms with Gasteiger partial charge in [0.1, 0.15) is 11.6 Å². The second-order valence-corrected chi connectivity index (χ2v) is 6.93. The van der Waals surface area contributed by atoms with Crippen LogP contribution in [0.3, 0.4) is 0 Å². The molecule has 1 aliphatic rings.